The predicted molar refractivity (Wildman–Crippen MR) is 143 cm³/mol. The first-order valence-corrected chi connectivity index (χ1v) is 12.7. The summed E-state index contributed by atoms with van der Waals surface area (Å²) in [5.74, 6) is -0.185. The summed E-state index contributed by atoms with van der Waals surface area (Å²) in [6, 6.07) is 16.6. The number of ether oxygens (including phenoxy) is 1. The van der Waals surface area contributed by atoms with Crippen molar-refractivity contribution in [2.24, 2.45) is 4.99 Å². The van der Waals surface area contributed by atoms with Crippen LogP contribution in [0.4, 0.5) is 24.5 Å². The first-order chi connectivity index (χ1) is 18.0. The Bertz CT molecular complexity index is 1380. The van der Waals surface area contributed by atoms with Crippen LogP contribution < -0.4 is 10.1 Å². The van der Waals surface area contributed by atoms with Gasteiger partial charge in [-0.25, -0.2) is 4.99 Å². The van der Waals surface area contributed by atoms with Crippen molar-refractivity contribution in [1.82, 2.24) is 4.90 Å². The molecule has 3 aromatic rings. The molecule has 4 rings (SSSR count). The van der Waals surface area contributed by atoms with E-state index in [0.29, 0.717) is 16.5 Å². The zero-order chi connectivity index (χ0) is 27.4. The smallest absolute Gasteiger partial charge is 0.416 e. The molecule has 3 aromatic carbocycles. The van der Waals surface area contributed by atoms with E-state index in [4.69, 9.17) is 16.3 Å². The summed E-state index contributed by atoms with van der Waals surface area (Å²) in [5, 5.41) is 2.51. The molecule has 38 heavy (non-hydrogen) atoms. The molecular formula is C27H23ClF3N3O3S. The number of hydrogen-bond donors (Lipinski definition) is 1. The molecule has 1 saturated heterocycles. The SMILES string of the molecule is COc1ccc(CN2C(=O)CC(C(=O)Nc3ccc(C)c(Cl)c3)SC2=Nc2cccc(C(F)(F)F)c2)cc1. The van der Waals surface area contributed by atoms with Gasteiger partial charge in [0, 0.05) is 17.1 Å². The number of nitrogens with one attached hydrogen (secondary N) is 1. The molecular weight excluding hydrogens is 539 g/mol. The number of benzene rings is 3. The van der Waals surface area contributed by atoms with E-state index in [9.17, 15) is 22.8 Å². The Balaban J connectivity index is 1.64. The number of carbonyl (C=O) groups is 2. The van der Waals surface area contributed by atoms with Crippen LogP contribution in [-0.2, 0) is 22.3 Å². The summed E-state index contributed by atoms with van der Waals surface area (Å²) in [4.78, 5) is 32.1. The highest BCUT2D eigenvalue weighted by atomic mass is 35.5. The summed E-state index contributed by atoms with van der Waals surface area (Å²) in [6.07, 6.45) is -4.67. The van der Waals surface area contributed by atoms with Gasteiger partial charge in [0.05, 0.1) is 24.9 Å². The van der Waals surface area contributed by atoms with Gasteiger partial charge in [0.1, 0.15) is 11.0 Å². The molecule has 1 heterocycles. The maximum absolute atomic E-state index is 13.3. The van der Waals surface area contributed by atoms with E-state index in [1.54, 1.807) is 42.5 Å². The fraction of sp³-hybridized carbons (Fsp3) is 0.222. The highest BCUT2D eigenvalue weighted by Gasteiger charge is 2.36. The first-order valence-electron chi connectivity index (χ1n) is 11.5. The highest BCUT2D eigenvalue weighted by molar-refractivity contribution is 8.15. The summed E-state index contributed by atoms with van der Waals surface area (Å²) < 4.78 is 45.0. The third kappa shape index (κ3) is 6.68. The van der Waals surface area contributed by atoms with Crippen molar-refractivity contribution in [3.8, 4) is 5.75 Å². The second kappa shape index (κ2) is 11.5. The molecule has 1 N–H and O–H groups in total. The van der Waals surface area contributed by atoms with E-state index in [2.05, 4.69) is 10.3 Å². The van der Waals surface area contributed by atoms with Crippen molar-refractivity contribution in [1.29, 1.82) is 0 Å². The molecule has 0 radical (unpaired) electrons. The van der Waals surface area contributed by atoms with Crippen molar-refractivity contribution < 1.29 is 27.5 Å². The molecule has 1 aliphatic rings. The van der Waals surface area contributed by atoms with E-state index < -0.39 is 22.9 Å². The van der Waals surface area contributed by atoms with Gasteiger partial charge in [0.2, 0.25) is 11.8 Å². The summed E-state index contributed by atoms with van der Waals surface area (Å²) in [7, 11) is 1.54. The molecule has 2 amide bonds. The molecule has 0 aromatic heterocycles. The third-order valence-electron chi connectivity index (χ3n) is 5.77. The van der Waals surface area contributed by atoms with Crippen LogP contribution in [0.2, 0.25) is 5.02 Å². The number of aliphatic imine (C=N–C) groups is 1. The lowest BCUT2D eigenvalue weighted by Crippen LogP contribution is -2.44. The van der Waals surface area contributed by atoms with Crippen molar-refractivity contribution in [3.05, 3.63) is 88.4 Å². The van der Waals surface area contributed by atoms with Gasteiger partial charge in [-0.1, -0.05) is 47.6 Å². The Morgan fingerprint density at radius 1 is 1.16 bits per heavy atom. The Kier molecular flexibility index (Phi) is 8.32. The molecule has 0 aliphatic carbocycles. The summed E-state index contributed by atoms with van der Waals surface area (Å²) in [6.45, 7) is 1.95. The maximum atomic E-state index is 13.3. The van der Waals surface area contributed by atoms with Crippen LogP contribution in [0.15, 0.2) is 71.7 Å². The van der Waals surface area contributed by atoms with E-state index in [1.165, 1.54) is 24.1 Å². The molecule has 0 saturated carbocycles. The van der Waals surface area contributed by atoms with Gasteiger partial charge in [-0.2, -0.15) is 13.2 Å². The molecule has 1 unspecified atom stereocenters. The van der Waals surface area contributed by atoms with Crippen molar-refractivity contribution in [2.75, 3.05) is 12.4 Å². The average Bonchev–Trinajstić information content (AvgIpc) is 2.88. The van der Waals surface area contributed by atoms with Crippen LogP contribution in [0.25, 0.3) is 0 Å². The summed E-state index contributed by atoms with van der Waals surface area (Å²) in [5.41, 5.74) is 1.22. The van der Waals surface area contributed by atoms with Gasteiger partial charge in [-0.05, 0) is 60.5 Å². The second-order valence-electron chi connectivity index (χ2n) is 8.53. The number of amidine groups is 1. The number of methoxy groups -OCH3 is 1. The number of alkyl halides is 3. The fourth-order valence-electron chi connectivity index (χ4n) is 3.67. The van der Waals surface area contributed by atoms with Gasteiger partial charge < -0.3 is 10.1 Å². The lowest BCUT2D eigenvalue weighted by atomic mass is 10.1. The molecule has 1 fully saturated rings. The number of halogens is 4. The van der Waals surface area contributed by atoms with Gasteiger partial charge in [0.15, 0.2) is 5.17 Å². The van der Waals surface area contributed by atoms with Crippen LogP contribution in [0, 0.1) is 6.92 Å². The Hall–Kier alpha value is -3.50. The Morgan fingerprint density at radius 2 is 1.89 bits per heavy atom. The van der Waals surface area contributed by atoms with Crippen molar-refractivity contribution in [2.45, 2.75) is 31.3 Å². The monoisotopic (exact) mass is 561 g/mol. The minimum atomic E-state index is -4.55. The topological polar surface area (TPSA) is 71.0 Å². The zero-order valence-corrected chi connectivity index (χ0v) is 22.0. The van der Waals surface area contributed by atoms with Gasteiger partial charge in [-0.3, -0.25) is 14.5 Å². The van der Waals surface area contributed by atoms with E-state index in [-0.39, 0.29) is 29.7 Å². The van der Waals surface area contributed by atoms with Crippen molar-refractivity contribution >= 4 is 51.7 Å². The number of thioether (sulfide) groups is 1. The molecule has 11 heteroatoms. The number of anilines is 1. The van der Waals surface area contributed by atoms with Crippen LogP contribution in [0.1, 0.15) is 23.1 Å². The van der Waals surface area contributed by atoms with Crippen LogP contribution >= 0.6 is 23.4 Å². The highest BCUT2D eigenvalue weighted by Crippen LogP contribution is 2.34. The second-order valence-corrected chi connectivity index (χ2v) is 10.1. The lowest BCUT2D eigenvalue weighted by Gasteiger charge is -2.32. The van der Waals surface area contributed by atoms with Gasteiger partial charge in [0.25, 0.3) is 0 Å². The number of rotatable bonds is 6. The lowest BCUT2D eigenvalue weighted by molar-refractivity contribution is -0.137. The average molecular weight is 562 g/mol. The standard InChI is InChI=1S/C27H23ClF3N3O3S/c1-16-6-9-20(13-22(16)28)32-25(36)23-14-24(35)34(15-17-7-10-21(37-2)11-8-17)26(38-23)33-19-5-3-4-18(12-19)27(29,30)31/h3-13,23H,14-15H2,1-2H3,(H,32,36). The first kappa shape index (κ1) is 27.5. The van der Waals surface area contributed by atoms with E-state index >= 15 is 0 Å². The van der Waals surface area contributed by atoms with Crippen LogP contribution in [0.3, 0.4) is 0 Å². The summed E-state index contributed by atoms with van der Waals surface area (Å²) >= 11 is 7.17. The quantitative estimate of drug-likeness (QED) is 0.358. The minimum absolute atomic E-state index is 0.0150. The van der Waals surface area contributed by atoms with Crippen LogP contribution in [0.5, 0.6) is 5.75 Å². The normalized spacial score (nSPS) is 17.0. The molecule has 0 bridgehead atoms. The van der Waals surface area contributed by atoms with Crippen molar-refractivity contribution in [3.63, 3.8) is 0 Å². The molecule has 198 valence electrons. The molecule has 1 aliphatic heterocycles. The van der Waals surface area contributed by atoms with Crippen LogP contribution in [-0.4, -0.2) is 34.2 Å². The van der Waals surface area contributed by atoms with E-state index in [1.807, 2.05) is 6.92 Å². The van der Waals surface area contributed by atoms with Gasteiger partial charge >= 0.3 is 6.18 Å². The largest absolute Gasteiger partial charge is 0.497 e. The maximum Gasteiger partial charge on any atom is 0.416 e. The zero-order valence-electron chi connectivity index (χ0n) is 20.4. The number of hydrogen-bond acceptors (Lipinski definition) is 5. The molecule has 6 nitrogen and oxygen atoms in total. The Labute approximate surface area is 226 Å². The number of amides is 2. The molecule has 0 spiro atoms. The minimum Gasteiger partial charge on any atom is -0.497 e. The third-order valence-corrected chi connectivity index (χ3v) is 7.36. The number of nitrogens with zero attached hydrogens (tertiary/aromatic N) is 2. The van der Waals surface area contributed by atoms with Gasteiger partial charge in [-0.15, -0.1) is 0 Å². The number of carbonyl (C=O) groups excluding carboxylic acids is 2. The molecule has 1 atom stereocenters. The number of aryl methyl sites for hydroxylation is 1. The predicted octanol–water partition coefficient (Wildman–Crippen LogP) is 6.84. The fourth-order valence-corrected chi connectivity index (χ4v) is 4.94. The Morgan fingerprint density at radius 3 is 2.55 bits per heavy atom. The van der Waals surface area contributed by atoms with E-state index in [0.717, 1.165) is 35.0 Å².